The second kappa shape index (κ2) is 10.2. The van der Waals surface area contributed by atoms with Crippen molar-refractivity contribution in [3.05, 3.63) is 35.9 Å². The summed E-state index contributed by atoms with van der Waals surface area (Å²) >= 11 is 0. The summed E-state index contributed by atoms with van der Waals surface area (Å²) in [4.78, 5) is 14.8. The van der Waals surface area contributed by atoms with Crippen LogP contribution in [-0.4, -0.2) is 61.5 Å². The fourth-order valence-electron chi connectivity index (χ4n) is 4.57. The van der Waals surface area contributed by atoms with Gasteiger partial charge in [0.2, 0.25) is 0 Å². The van der Waals surface area contributed by atoms with Crippen molar-refractivity contribution in [2.75, 3.05) is 26.4 Å². The zero-order chi connectivity index (χ0) is 19.1. The molecule has 1 heterocycles. The minimum absolute atomic E-state index is 0.0472. The molecule has 0 N–H and O–H groups in total. The number of carbonyl (C=O) groups is 1. The van der Waals surface area contributed by atoms with Crippen molar-refractivity contribution in [2.45, 2.75) is 70.2 Å². The summed E-state index contributed by atoms with van der Waals surface area (Å²) < 4.78 is 17.7. The molecule has 5 heteroatoms. The number of esters is 1. The van der Waals surface area contributed by atoms with Crippen LogP contribution in [0.15, 0.2) is 30.3 Å². The van der Waals surface area contributed by atoms with Crippen molar-refractivity contribution in [3.8, 4) is 0 Å². The summed E-state index contributed by atoms with van der Waals surface area (Å²) in [6.07, 6.45) is 6.03. The third kappa shape index (κ3) is 5.09. The van der Waals surface area contributed by atoms with Crippen molar-refractivity contribution in [1.29, 1.82) is 0 Å². The second-order valence-electron chi connectivity index (χ2n) is 7.41. The van der Waals surface area contributed by atoms with Crippen LogP contribution in [0.5, 0.6) is 0 Å². The van der Waals surface area contributed by atoms with E-state index in [1.807, 2.05) is 32.0 Å². The first-order valence-corrected chi connectivity index (χ1v) is 10.5. The Kier molecular flexibility index (Phi) is 7.68. The normalized spacial score (nSPS) is 26.5. The number of likely N-dealkylation sites (tertiary alicyclic amines) is 1. The summed E-state index contributed by atoms with van der Waals surface area (Å²) in [5, 5.41) is 0. The third-order valence-corrected chi connectivity index (χ3v) is 5.75. The Balaban J connectivity index is 1.63. The molecule has 1 saturated carbocycles. The molecule has 27 heavy (non-hydrogen) atoms. The standard InChI is InChI=1S/C22H33NO4/c1-3-25-20-16-23(18-12-8-9-13-18)19(21(20)26-4-2)14-15-27-22(24)17-10-6-5-7-11-17/h5-7,10-11,18-21H,3-4,8-9,12-16H2,1-2H3/t19-,20+,21-/m0/s1. The van der Waals surface area contributed by atoms with E-state index in [1.54, 1.807) is 12.1 Å². The van der Waals surface area contributed by atoms with Gasteiger partial charge >= 0.3 is 5.97 Å². The highest BCUT2D eigenvalue weighted by molar-refractivity contribution is 5.89. The molecule has 0 aromatic heterocycles. The highest BCUT2D eigenvalue weighted by atomic mass is 16.5. The molecule has 0 spiro atoms. The Morgan fingerprint density at radius 3 is 2.44 bits per heavy atom. The number of nitrogens with zero attached hydrogens (tertiary/aromatic N) is 1. The van der Waals surface area contributed by atoms with Gasteiger partial charge < -0.3 is 14.2 Å². The molecule has 0 bridgehead atoms. The molecule has 3 rings (SSSR count). The molecular weight excluding hydrogens is 342 g/mol. The minimum Gasteiger partial charge on any atom is -0.462 e. The van der Waals surface area contributed by atoms with E-state index >= 15 is 0 Å². The third-order valence-electron chi connectivity index (χ3n) is 5.75. The van der Waals surface area contributed by atoms with Gasteiger partial charge in [0.25, 0.3) is 0 Å². The lowest BCUT2D eigenvalue weighted by Gasteiger charge is -2.32. The number of hydrogen-bond donors (Lipinski definition) is 0. The molecule has 0 amide bonds. The number of ether oxygens (including phenoxy) is 3. The van der Waals surface area contributed by atoms with Gasteiger partial charge in [0.1, 0.15) is 6.10 Å². The number of rotatable bonds is 9. The smallest absolute Gasteiger partial charge is 0.338 e. The summed E-state index contributed by atoms with van der Waals surface area (Å²) in [6.45, 7) is 6.77. The Morgan fingerprint density at radius 2 is 1.78 bits per heavy atom. The van der Waals surface area contributed by atoms with Crippen LogP contribution in [0.2, 0.25) is 0 Å². The molecule has 1 aliphatic carbocycles. The van der Waals surface area contributed by atoms with E-state index in [4.69, 9.17) is 14.2 Å². The van der Waals surface area contributed by atoms with Gasteiger partial charge in [-0.2, -0.15) is 0 Å². The Hall–Kier alpha value is -1.43. The van der Waals surface area contributed by atoms with Crippen molar-refractivity contribution >= 4 is 5.97 Å². The van der Waals surface area contributed by atoms with Gasteiger partial charge in [-0.05, 0) is 45.2 Å². The second-order valence-corrected chi connectivity index (χ2v) is 7.41. The fraction of sp³-hybridized carbons (Fsp3) is 0.682. The van der Waals surface area contributed by atoms with Gasteiger partial charge in [-0.3, -0.25) is 4.90 Å². The van der Waals surface area contributed by atoms with Gasteiger partial charge in [0.05, 0.1) is 18.3 Å². The fourth-order valence-corrected chi connectivity index (χ4v) is 4.57. The Labute approximate surface area is 163 Å². The lowest BCUT2D eigenvalue weighted by atomic mass is 10.1. The predicted octanol–water partition coefficient (Wildman–Crippen LogP) is 3.67. The molecule has 1 aliphatic heterocycles. The van der Waals surface area contributed by atoms with Gasteiger partial charge in [0, 0.05) is 31.8 Å². The van der Waals surface area contributed by atoms with Crippen LogP contribution in [0.25, 0.3) is 0 Å². The summed E-state index contributed by atoms with van der Waals surface area (Å²) in [7, 11) is 0. The molecule has 5 nitrogen and oxygen atoms in total. The van der Waals surface area contributed by atoms with Crippen LogP contribution in [-0.2, 0) is 14.2 Å². The SMILES string of the molecule is CCO[C@@H]1[C@H](OCC)CN(C2CCCC2)[C@H]1CCOC(=O)c1ccccc1. The van der Waals surface area contributed by atoms with E-state index in [0.717, 1.165) is 13.0 Å². The largest absolute Gasteiger partial charge is 0.462 e. The maximum absolute atomic E-state index is 12.2. The van der Waals surface area contributed by atoms with Crippen LogP contribution in [0, 0.1) is 0 Å². The van der Waals surface area contributed by atoms with Gasteiger partial charge in [-0.15, -0.1) is 0 Å². The van der Waals surface area contributed by atoms with E-state index in [9.17, 15) is 4.79 Å². The van der Waals surface area contributed by atoms with Gasteiger partial charge in [-0.1, -0.05) is 31.0 Å². The van der Waals surface area contributed by atoms with Crippen molar-refractivity contribution in [2.24, 2.45) is 0 Å². The van der Waals surface area contributed by atoms with E-state index in [2.05, 4.69) is 4.90 Å². The summed E-state index contributed by atoms with van der Waals surface area (Å²) in [5.74, 6) is -0.254. The van der Waals surface area contributed by atoms with Crippen molar-refractivity contribution < 1.29 is 19.0 Å². The zero-order valence-electron chi connectivity index (χ0n) is 16.6. The monoisotopic (exact) mass is 375 g/mol. The maximum atomic E-state index is 12.2. The van der Waals surface area contributed by atoms with E-state index in [-0.39, 0.29) is 24.2 Å². The van der Waals surface area contributed by atoms with E-state index in [0.29, 0.717) is 31.4 Å². The average Bonchev–Trinajstić information content (AvgIpc) is 3.33. The van der Waals surface area contributed by atoms with Crippen LogP contribution < -0.4 is 0 Å². The van der Waals surface area contributed by atoms with Crippen molar-refractivity contribution in [1.82, 2.24) is 4.90 Å². The van der Waals surface area contributed by atoms with Crippen LogP contribution in [0.4, 0.5) is 0 Å². The van der Waals surface area contributed by atoms with Crippen LogP contribution >= 0.6 is 0 Å². The quantitative estimate of drug-likeness (QED) is 0.616. The predicted molar refractivity (Wildman–Crippen MR) is 105 cm³/mol. The highest BCUT2D eigenvalue weighted by Gasteiger charge is 2.45. The Bertz CT molecular complexity index is 573. The van der Waals surface area contributed by atoms with Gasteiger partial charge in [-0.25, -0.2) is 4.79 Å². The van der Waals surface area contributed by atoms with Crippen LogP contribution in [0.1, 0.15) is 56.3 Å². The molecular formula is C22H33NO4. The van der Waals surface area contributed by atoms with E-state index < -0.39 is 0 Å². The molecule has 0 radical (unpaired) electrons. The minimum atomic E-state index is -0.254. The number of hydrogen-bond acceptors (Lipinski definition) is 5. The maximum Gasteiger partial charge on any atom is 0.338 e. The molecule has 150 valence electrons. The summed E-state index contributed by atoms with van der Waals surface area (Å²) in [6, 6.07) is 10.0. The topological polar surface area (TPSA) is 48.0 Å². The van der Waals surface area contributed by atoms with Crippen molar-refractivity contribution in [3.63, 3.8) is 0 Å². The lowest BCUT2D eigenvalue weighted by molar-refractivity contribution is -0.0550. The Morgan fingerprint density at radius 1 is 1.07 bits per heavy atom. The first-order valence-electron chi connectivity index (χ1n) is 10.5. The van der Waals surface area contributed by atoms with Crippen LogP contribution in [0.3, 0.4) is 0 Å². The molecule has 2 aliphatic rings. The number of carbonyl (C=O) groups excluding carboxylic acids is 1. The molecule has 0 unspecified atom stereocenters. The molecule has 1 saturated heterocycles. The first kappa shape index (κ1) is 20.3. The molecule has 1 aromatic rings. The average molecular weight is 376 g/mol. The lowest BCUT2D eigenvalue weighted by Crippen LogP contribution is -2.43. The summed E-state index contributed by atoms with van der Waals surface area (Å²) in [5.41, 5.74) is 0.602. The zero-order valence-corrected chi connectivity index (χ0v) is 16.6. The molecule has 3 atom stereocenters. The highest BCUT2D eigenvalue weighted by Crippen LogP contribution is 2.34. The first-order chi connectivity index (χ1) is 13.2. The molecule has 1 aromatic carbocycles. The number of benzene rings is 1. The van der Waals surface area contributed by atoms with Gasteiger partial charge in [0.15, 0.2) is 0 Å². The van der Waals surface area contributed by atoms with E-state index in [1.165, 1.54) is 25.7 Å². The molecule has 2 fully saturated rings.